The molecule has 2 aliphatic heterocycles. The zero-order valence-corrected chi connectivity index (χ0v) is 22.4. The maximum absolute atomic E-state index is 15.8. The molecule has 0 amide bonds. The number of hydrogen-bond donors (Lipinski definition) is 3. The number of rotatable bonds is 9. The van der Waals surface area contributed by atoms with E-state index >= 15 is 8.78 Å². The average molecular weight is 565 g/mol. The molecule has 40 heavy (non-hydrogen) atoms. The summed E-state index contributed by atoms with van der Waals surface area (Å²) in [5.41, 5.74) is 1.50. The number of fused-ring (bicyclic) bond motifs is 3. The minimum absolute atomic E-state index is 0.0376. The normalized spacial score (nSPS) is 22.1. The molecule has 0 radical (unpaired) electrons. The highest BCUT2D eigenvalue weighted by Gasteiger charge is 2.42. The first-order valence-electron chi connectivity index (χ1n) is 13.5. The van der Waals surface area contributed by atoms with Crippen molar-refractivity contribution in [3.8, 4) is 0 Å². The van der Waals surface area contributed by atoms with Crippen molar-refractivity contribution in [1.82, 2.24) is 14.8 Å². The minimum Gasteiger partial charge on any atom is -0.478 e. The molecule has 0 spiro atoms. The first-order chi connectivity index (χ1) is 18.9. The molecule has 11 heteroatoms. The molecular formula is C29H33F5N4O2. The number of benzene rings is 2. The quantitative estimate of drug-likeness (QED) is 0.279. The predicted octanol–water partition coefficient (Wildman–Crippen LogP) is 5.98. The molecule has 6 nitrogen and oxygen atoms in total. The molecule has 2 aliphatic rings. The van der Waals surface area contributed by atoms with Gasteiger partial charge in [0.1, 0.15) is 11.6 Å². The number of hydrogen-bond acceptors (Lipinski definition) is 4. The number of H-pyrrole nitrogens is 1. The number of carboxylic acids is 1. The van der Waals surface area contributed by atoms with Crippen LogP contribution in [0, 0.1) is 11.6 Å². The van der Waals surface area contributed by atoms with E-state index in [1.54, 1.807) is 13.0 Å². The lowest BCUT2D eigenvalue weighted by Crippen LogP contribution is -2.47. The van der Waals surface area contributed by atoms with E-state index in [-0.39, 0.29) is 22.9 Å². The summed E-state index contributed by atoms with van der Waals surface area (Å²) in [6.45, 7) is 3.40. The van der Waals surface area contributed by atoms with Crippen molar-refractivity contribution in [1.29, 1.82) is 0 Å². The molecule has 3 N–H and O–H groups in total. The number of aromatic carboxylic acids is 1. The standard InChI is InChI=1S/C29H33F5N4O2/c1-16-10-21-20-5-4-17(28(39)40)11-24(20)36-26(21)27(38(16)15-29(2,33)34)25-22(31)12-19(13-23(25)32)35-18-6-9-37(14-18)8-3-7-30/h4-5,11-13,16,18,27,35-36H,3,6-10,14-15H2,1-2H3,(H,39,40)/t16-,18?,27-/m1/s1. The van der Waals surface area contributed by atoms with Gasteiger partial charge in [0.15, 0.2) is 0 Å². The minimum atomic E-state index is -3.13. The van der Waals surface area contributed by atoms with Crippen molar-refractivity contribution in [3.05, 3.63) is 64.4 Å². The van der Waals surface area contributed by atoms with Gasteiger partial charge in [0.05, 0.1) is 24.8 Å². The van der Waals surface area contributed by atoms with Gasteiger partial charge in [0.25, 0.3) is 5.92 Å². The summed E-state index contributed by atoms with van der Waals surface area (Å²) in [6, 6.07) is 5.19. The fourth-order valence-electron chi connectivity index (χ4n) is 6.18. The number of likely N-dealkylation sites (tertiary alicyclic amines) is 1. The van der Waals surface area contributed by atoms with Gasteiger partial charge >= 0.3 is 5.97 Å². The van der Waals surface area contributed by atoms with Crippen LogP contribution in [0.5, 0.6) is 0 Å². The van der Waals surface area contributed by atoms with Gasteiger partial charge in [-0.3, -0.25) is 9.29 Å². The Morgan fingerprint density at radius 2 is 1.93 bits per heavy atom. The average Bonchev–Trinajstić information content (AvgIpc) is 3.46. The largest absolute Gasteiger partial charge is 0.478 e. The SMILES string of the molecule is C[C@@H]1Cc2c([nH]c3cc(C(=O)O)ccc23)[C@@H](c2c(F)cc(NC3CCN(CCCF)C3)cc2F)N1CC(C)(F)F. The van der Waals surface area contributed by atoms with Crippen LogP contribution >= 0.6 is 0 Å². The summed E-state index contributed by atoms with van der Waals surface area (Å²) < 4.78 is 72.9. The summed E-state index contributed by atoms with van der Waals surface area (Å²) in [5.74, 6) is -5.99. The summed E-state index contributed by atoms with van der Waals surface area (Å²) in [5, 5.41) is 13.3. The maximum atomic E-state index is 15.8. The molecule has 3 heterocycles. The third-order valence-corrected chi connectivity index (χ3v) is 7.92. The Labute approximate surface area is 229 Å². The molecule has 3 aromatic rings. The van der Waals surface area contributed by atoms with Crippen molar-refractivity contribution < 1.29 is 31.9 Å². The molecule has 5 rings (SSSR count). The van der Waals surface area contributed by atoms with E-state index in [9.17, 15) is 23.1 Å². The van der Waals surface area contributed by atoms with E-state index in [1.165, 1.54) is 29.2 Å². The van der Waals surface area contributed by atoms with E-state index < -0.39 is 48.8 Å². The molecule has 2 aromatic carbocycles. The molecule has 1 fully saturated rings. The Hall–Kier alpha value is -3.18. The molecule has 216 valence electrons. The molecule has 0 bridgehead atoms. The van der Waals surface area contributed by atoms with Crippen LogP contribution in [0.15, 0.2) is 30.3 Å². The fourth-order valence-corrected chi connectivity index (χ4v) is 6.18. The van der Waals surface area contributed by atoms with Crippen molar-refractivity contribution in [2.75, 3.05) is 38.2 Å². The van der Waals surface area contributed by atoms with Crippen LogP contribution in [-0.2, 0) is 6.42 Å². The lowest BCUT2D eigenvalue weighted by molar-refractivity contribution is -0.0374. The van der Waals surface area contributed by atoms with Gasteiger partial charge in [-0.1, -0.05) is 6.07 Å². The monoisotopic (exact) mass is 564 g/mol. The maximum Gasteiger partial charge on any atom is 0.335 e. The number of nitrogens with zero attached hydrogens (tertiary/aromatic N) is 2. The second-order valence-corrected chi connectivity index (χ2v) is 11.1. The van der Waals surface area contributed by atoms with Gasteiger partial charge in [0.2, 0.25) is 0 Å². The van der Waals surface area contributed by atoms with Gasteiger partial charge in [-0.15, -0.1) is 0 Å². The highest BCUT2D eigenvalue weighted by molar-refractivity contribution is 5.95. The number of aromatic nitrogens is 1. The Kier molecular flexibility index (Phi) is 7.80. The molecule has 1 saturated heterocycles. The van der Waals surface area contributed by atoms with Crippen molar-refractivity contribution in [3.63, 3.8) is 0 Å². The number of nitrogens with one attached hydrogen (secondary N) is 2. The molecule has 1 unspecified atom stereocenters. The van der Waals surface area contributed by atoms with Crippen LogP contribution in [0.25, 0.3) is 10.9 Å². The van der Waals surface area contributed by atoms with Gasteiger partial charge in [-0.05, 0) is 56.0 Å². The zero-order chi connectivity index (χ0) is 28.8. The van der Waals surface area contributed by atoms with Crippen molar-refractivity contribution in [2.45, 2.75) is 57.2 Å². The number of halogens is 5. The van der Waals surface area contributed by atoms with Gasteiger partial charge < -0.3 is 20.3 Å². The summed E-state index contributed by atoms with van der Waals surface area (Å²) in [7, 11) is 0. The lowest BCUT2D eigenvalue weighted by Gasteiger charge is -2.42. The van der Waals surface area contributed by atoms with Crippen LogP contribution in [0.4, 0.5) is 27.6 Å². The van der Waals surface area contributed by atoms with E-state index in [0.717, 1.165) is 25.5 Å². The highest BCUT2D eigenvalue weighted by atomic mass is 19.3. The highest BCUT2D eigenvalue weighted by Crippen LogP contribution is 2.44. The fraction of sp³-hybridized carbons (Fsp3) is 0.483. The first-order valence-corrected chi connectivity index (χ1v) is 13.5. The number of alkyl halides is 3. The van der Waals surface area contributed by atoms with Gasteiger partial charge in [0, 0.05) is 66.5 Å². The summed E-state index contributed by atoms with van der Waals surface area (Å²) in [4.78, 5) is 18.1. The summed E-state index contributed by atoms with van der Waals surface area (Å²) in [6.07, 6.45) is 1.52. The van der Waals surface area contributed by atoms with Gasteiger partial charge in [-0.2, -0.15) is 0 Å². The van der Waals surface area contributed by atoms with Crippen molar-refractivity contribution >= 4 is 22.6 Å². The Morgan fingerprint density at radius 1 is 1.20 bits per heavy atom. The Bertz CT molecular complexity index is 1380. The van der Waals surface area contributed by atoms with Crippen LogP contribution in [0.1, 0.15) is 59.9 Å². The molecular weight excluding hydrogens is 531 g/mol. The number of anilines is 1. The van der Waals surface area contributed by atoms with E-state index in [1.807, 2.05) is 0 Å². The lowest BCUT2D eigenvalue weighted by atomic mass is 9.87. The molecule has 1 aromatic heterocycles. The second-order valence-electron chi connectivity index (χ2n) is 11.1. The molecule has 3 atom stereocenters. The van der Waals surface area contributed by atoms with E-state index in [2.05, 4.69) is 15.2 Å². The Balaban J connectivity index is 1.53. The van der Waals surface area contributed by atoms with Crippen LogP contribution in [-0.4, -0.2) is 76.7 Å². The van der Waals surface area contributed by atoms with E-state index in [0.29, 0.717) is 42.5 Å². The number of carbonyl (C=O) groups is 1. The summed E-state index contributed by atoms with van der Waals surface area (Å²) >= 11 is 0. The number of carboxylic acid groups (broad SMARTS) is 1. The predicted molar refractivity (Wildman–Crippen MR) is 143 cm³/mol. The molecule has 0 saturated carbocycles. The second kappa shape index (κ2) is 11.0. The van der Waals surface area contributed by atoms with Crippen LogP contribution < -0.4 is 5.32 Å². The van der Waals surface area contributed by atoms with Crippen LogP contribution in [0.3, 0.4) is 0 Å². The third kappa shape index (κ3) is 5.67. The third-order valence-electron chi connectivity index (χ3n) is 7.92. The van der Waals surface area contributed by atoms with Gasteiger partial charge in [-0.25, -0.2) is 22.4 Å². The van der Waals surface area contributed by atoms with Crippen LogP contribution in [0.2, 0.25) is 0 Å². The van der Waals surface area contributed by atoms with E-state index in [4.69, 9.17) is 0 Å². The topological polar surface area (TPSA) is 71.6 Å². The Morgan fingerprint density at radius 3 is 2.58 bits per heavy atom. The zero-order valence-electron chi connectivity index (χ0n) is 22.4. The first kappa shape index (κ1) is 28.4. The number of aromatic amines is 1. The smallest absolute Gasteiger partial charge is 0.335 e. The molecule has 0 aliphatic carbocycles. The van der Waals surface area contributed by atoms with Crippen molar-refractivity contribution in [2.24, 2.45) is 0 Å².